The Labute approximate surface area is 130 Å². The minimum atomic E-state index is -3.69. The Hall–Kier alpha value is -1.46. The zero-order valence-electron chi connectivity index (χ0n) is 12.5. The van der Waals surface area contributed by atoms with Gasteiger partial charge in [0.05, 0.1) is 29.2 Å². The molecule has 2 aliphatic heterocycles. The summed E-state index contributed by atoms with van der Waals surface area (Å²) in [5.74, 6) is 0. The van der Waals surface area contributed by atoms with Gasteiger partial charge in [0.15, 0.2) is 0 Å². The normalized spacial score (nSPS) is 27.1. The number of fused-ring (bicyclic) bond motifs is 1. The summed E-state index contributed by atoms with van der Waals surface area (Å²) in [6.07, 6.45) is 0.765. The van der Waals surface area contributed by atoms with Gasteiger partial charge in [-0.1, -0.05) is 12.1 Å². The number of nitrogens with zero attached hydrogens (tertiary/aromatic N) is 3. The van der Waals surface area contributed by atoms with Crippen LogP contribution in [0.2, 0.25) is 0 Å². The van der Waals surface area contributed by atoms with E-state index >= 15 is 0 Å². The third-order valence-corrected chi connectivity index (χ3v) is 6.31. The Morgan fingerprint density at radius 1 is 1.32 bits per heavy atom. The number of morpholine rings is 1. The largest absolute Gasteiger partial charge is 0.375 e. The molecule has 0 N–H and O–H groups in total. The Morgan fingerprint density at radius 2 is 2.09 bits per heavy atom. The summed E-state index contributed by atoms with van der Waals surface area (Å²) >= 11 is 0. The maximum atomic E-state index is 13.0. The fraction of sp³-hybridized carbons (Fsp3) is 0.533. The van der Waals surface area contributed by atoms with E-state index < -0.39 is 10.0 Å². The van der Waals surface area contributed by atoms with Gasteiger partial charge in [-0.3, -0.25) is 0 Å². The number of piperidine rings is 1. The smallest absolute Gasteiger partial charge is 0.244 e. The molecule has 1 aromatic carbocycles. The van der Waals surface area contributed by atoms with Crippen LogP contribution in [-0.4, -0.2) is 63.1 Å². The van der Waals surface area contributed by atoms with Gasteiger partial charge < -0.3 is 9.64 Å². The molecule has 0 aromatic heterocycles. The molecule has 22 heavy (non-hydrogen) atoms. The number of hydrogen-bond acceptors (Lipinski definition) is 5. The van der Waals surface area contributed by atoms with E-state index in [0.717, 1.165) is 13.0 Å². The van der Waals surface area contributed by atoms with Crippen molar-refractivity contribution in [2.24, 2.45) is 0 Å². The van der Waals surface area contributed by atoms with Gasteiger partial charge in [0, 0.05) is 19.6 Å². The van der Waals surface area contributed by atoms with Crippen molar-refractivity contribution in [3.8, 4) is 6.07 Å². The molecule has 2 saturated heterocycles. The fourth-order valence-corrected chi connectivity index (χ4v) is 4.98. The monoisotopic (exact) mass is 321 g/mol. The van der Waals surface area contributed by atoms with Crippen molar-refractivity contribution in [1.82, 2.24) is 9.21 Å². The standard InChI is InChI=1S/C15H19N3O3S/c1-17-7-6-14-13(11-17)18(8-9-21-14)22(19,20)15-5-3-2-4-12(15)10-16/h2-5,13-14H,6-9,11H2,1H3/t13-,14-/m1/s1. The van der Waals surface area contributed by atoms with Gasteiger partial charge in [-0.25, -0.2) is 8.42 Å². The quantitative estimate of drug-likeness (QED) is 0.800. The Bertz CT molecular complexity index is 698. The predicted molar refractivity (Wildman–Crippen MR) is 80.7 cm³/mol. The van der Waals surface area contributed by atoms with Crippen LogP contribution >= 0.6 is 0 Å². The molecule has 118 valence electrons. The minimum absolute atomic E-state index is 0.0611. The number of nitriles is 1. The van der Waals surface area contributed by atoms with Crippen molar-refractivity contribution in [2.45, 2.75) is 23.5 Å². The van der Waals surface area contributed by atoms with E-state index in [-0.39, 0.29) is 22.6 Å². The fourth-order valence-electron chi connectivity index (χ4n) is 3.21. The van der Waals surface area contributed by atoms with E-state index in [1.165, 1.54) is 16.4 Å². The molecule has 0 radical (unpaired) electrons. The maximum absolute atomic E-state index is 13.0. The summed E-state index contributed by atoms with van der Waals surface area (Å²) in [6.45, 7) is 2.29. The van der Waals surface area contributed by atoms with E-state index in [9.17, 15) is 13.7 Å². The second-order valence-corrected chi connectivity index (χ2v) is 7.61. The Balaban J connectivity index is 1.99. The first-order chi connectivity index (χ1) is 10.5. The number of rotatable bonds is 2. The zero-order valence-corrected chi connectivity index (χ0v) is 13.3. The van der Waals surface area contributed by atoms with Crippen molar-refractivity contribution < 1.29 is 13.2 Å². The first kappa shape index (κ1) is 15.4. The highest BCUT2D eigenvalue weighted by atomic mass is 32.2. The number of likely N-dealkylation sites (tertiary alicyclic amines) is 1. The molecule has 0 saturated carbocycles. The van der Waals surface area contributed by atoms with Gasteiger partial charge in [0.2, 0.25) is 10.0 Å². The molecule has 3 rings (SSSR count). The lowest BCUT2D eigenvalue weighted by Crippen LogP contribution is -2.60. The van der Waals surface area contributed by atoms with E-state index in [1.807, 2.05) is 13.1 Å². The molecule has 2 aliphatic rings. The molecule has 2 atom stereocenters. The number of likely N-dealkylation sites (N-methyl/N-ethyl adjacent to an activating group) is 1. The molecule has 0 unspecified atom stereocenters. The van der Waals surface area contributed by atoms with Crippen LogP contribution in [0.4, 0.5) is 0 Å². The van der Waals surface area contributed by atoms with Crippen molar-refractivity contribution in [2.75, 3.05) is 33.3 Å². The van der Waals surface area contributed by atoms with Crippen molar-refractivity contribution in [1.29, 1.82) is 5.26 Å². The summed E-state index contributed by atoms with van der Waals surface area (Å²) in [5.41, 5.74) is 0.190. The van der Waals surface area contributed by atoms with Crippen LogP contribution in [-0.2, 0) is 14.8 Å². The summed E-state index contributed by atoms with van der Waals surface area (Å²) in [4.78, 5) is 2.21. The summed E-state index contributed by atoms with van der Waals surface area (Å²) in [5, 5.41) is 9.19. The highest BCUT2D eigenvalue weighted by Crippen LogP contribution is 2.29. The van der Waals surface area contributed by atoms with Crippen molar-refractivity contribution >= 4 is 10.0 Å². The molecule has 7 heteroatoms. The lowest BCUT2D eigenvalue weighted by Gasteiger charge is -2.45. The zero-order chi connectivity index (χ0) is 15.7. The number of benzene rings is 1. The van der Waals surface area contributed by atoms with Gasteiger partial charge in [-0.15, -0.1) is 0 Å². The van der Waals surface area contributed by atoms with Gasteiger partial charge >= 0.3 is 0 Å². The second-order valence-electron chi connectivity index (χ2n) is 5.75. The number of ether oxygens (including phenoxy) is 1. The van der Waals surface area contributed by atoms with Crippen molar-refractivity contribution in [3.05, 3.63) is 29.8 Å². The molecule has 0 amide bonds. The summed E-state index contributed by atoms with van der Waals surface area (Å²) in [7, 11) is -1.71. The third-order valence-electron chi connectivity index (χ3n) is 4.33. The van der Waals surface area contributed by atoms with E-state index in [4.69, 9.17) is 4.74 Å². The average Bonchev–Trinajstić information content (AvgIpc) is 2.54. The first-order valence-corrected chi connectivity index (χ1v) is 8.79. The first-order valence-electron chi connectivity index (χ1n) is 7.35. The van der Waals surface area contributed by atoms with Crippen LogP contribution < -0.4 is 0 Å². The molecule has 0 aliphatic carbocycles. The molecule has 2 heterocycles. The molecular weight excluding hydrogens is 302 g/mol. The van der Waals surface area contributed by atoms with Crippen molar-refractivity contribution in [3.63, 3.8) is 0 Å². The van der Waals surface area contributed by atoms with Crippen LogP contribution in [0.25, 0.3) is 0 Å². The molecule has 6 nitrogen and oxygen atoms in total. The average molecular weight is 321 g/mol. The molecule has 0 bridgehead atoms. The van der Waals surface area contributed by atoms with Crippen LogP contribution in [0.3, 0.4) is 0 Å². The van der Waals surface area contributed by atoms with Crippen LogP contribution in [0.5, 0.6) is 0 Å². The molecule has 1 aromatic rings. The second kappa shape index (κ2) is 5.97. The predicted octanol–water partition coefficient (Wildman–Crippen LogP) is 0.652. The van der Waals surface area contributed by atoms with Crippen LogP contribution in [0, 0.1) is 11.3 Å². The van der Waals surface area contributed by atoms with Crippen LogP contribution in [0.1, 0.15) is 12.0 Å². The lowest BCUT2D eigenvalue weighted by atomic mass is 10.0. The SMILES string of the molecule is CN1CC[C@H]2OCCN(S(=O)(=O)c3ccccc3C#N)[C@@H]2C1. The third kappa shape index (κ3) is 2.63. The van der Waals surface area contributed by atoms with E-state index in [1.54, 1.807) is 12.1 Å². The van der Waals surface area contributed by atoms with Gasteiger partial charge in [0.25, 0.3) is 0 Å². The lowest BCUT2D eigenvalue weighted by molar-refractivity contribution is -0.0719. The summed E-state index contributed by atoms with van der Waals surface area (Å²) in [6, 6.07) is 8.15. The topological polar surface area (TPSA) is 73.6 Å². The molecule has 0 spiro atoms. The van der Waals surface area contributed by atoms with Crippen LogP contribution in [0.15, 0.2) is 29.2 Å². The van der Waals surface area contributed by atoms with Gasteiger partial charge in [-0.05, 0) is 25.6 Å². The highest BCUT2D eigenvalue weighted by Gasteiger charge is 2.42. The van der Waals surface area contributed by atoms with Gasteiger partial charge in [0.1, 0.15) is 6.07 Å². The van der Waals surface area contributed by atoms with E-state index in [0.29, 0.717) is 19.7 Å². The summed E-state index contributed by atoms with van der Waals surface area (Å²) < 4.78 is 33.3. The molecule has 2 fully saturated rings. The minimum Gasteiger partial charge on any atom is -0.375 e. The molecular formula is C15H19N3O3S. The van der Waals surface area contributed by atoms with Gasteiger partial charge in [-0.2, -0.15) is 9.57 Å². The number of hydrogen-bond donors (Lipinski definition) is 0. The Morgan fingerprint density at radius 3 is 2.86 bits per heavy atom. The maximum Gasteiger partial charge on any atom is 0.244 e. The number of sulfonamides is 1. The highest BCUT2D eigenvalue weighted by molar-refractivity contribution is 7.89. The Kier molecular flexibility index (Phi) is 4.19. The van der Waals surface area contributed by atoms with E-state index in [2.05, 4.69) is 4.90 Å².